The molecule has 0 aliphatic rings. The van der Waals surface area contributed by atoms with Crippen LogP contribution in [0.25, 0.3) is 23.1 Å². The third kappa shape index (κ3) is 5.73. The third-order valence-corrected chi connectivity index (χ3v) is 5.59. The fraction of sp³-hybridized carbons (Fsp3) is 0.143. The van der Waals surface area contributed by atoms with Crippen LogP contribution in [0.4, 0.5) is 0 Å². The van der Waals surface area contributed by atoms with Crippen LogP contribution in [-0.2, 0) is 11.4 Å². The molecule has 6 nitrogen and oxygen atoms in total. The summed E-state index contributed by atoms with van der Waals surface area (Å²) in [5.74, 6) is 1.23. The molecule has 7 heteroatoms. The minimum atomic E-state index is -0.460. The summed E-state index contributed by atoms with van der Waals surface area (Å²) in [4.78, 5) is 16.2. The molecule has 0 amide bonds. The van der Waals surface area contributed by atoms with Crippen LogP contribution in [0.3, 0.4) is 0 Å². The van der Waals surface area contributed by atoms with Gasteiger partial charge in [-0.3, -0.25) is 4.79 Å². The number of halogens is 1. The number of esters is 1. The third-order valence-electron chi connectivity index (χ3n) is 5.22. The Morgan fingerprint density at radius 2 is 1.66 bits per heavy atom. The van der Waals surface area contributed by atoms with Crippen molar-refractivity contribution in [2.24, 2.45) is 0 Å². The van der Waals surface area contributed by atoms with E-state index in [9.17, 15) is 4.79 Å². The molecule has 0 N–H and O–H groups in total. The highest BCUT2D eigenvalue weighted by atomic mass is 35.5. The number of aromatic nitrogens is 1. The molecule has 0 aliphatic carbocycles. The second-order valence-corrected chi connectivity index (χ2v) is 8.03. The molecule has 4 aromatic rings. The molecule has 0 aliphatic heterocycles. The van der Waals surface area contributed by atoms with Crippen molar-refractivity contribution in [3.05, 3.63) is 88.6 Å². The van der Waals surface area contributed by atoms with E-state index in [1.807, 2.05) is 66.7 Å². The van der Waals surface area contributed by atoms with Gasteiger partial charge in [-0.1, -0.05) is 54.1 Å². The van der Waals surface area contributed by atoms with Gasteiger partial charge in [0, 0.05) is 22.9 Å². The normalized spacial score (nSPS) is 11.0. The first-order valence-electron chi connectivity index (χ1n) is 10.9. The number of hydrogen-bond donors (Lipinski definition) is 0. The van der Waals surface area contributed by atoms with E-state index in [1.165, 1.54) is 21.1 Å². The molecular formula is C28H24ClNO5. The molecule has 0 unspecified atom stereocenters. The molecule has 4 rings (SSSR count). The van der Waals surface area contributed by atoms with Gasteiger partial charge < -0.3 is 18.9 Å². The first-order valence-corrected chi connectivity index (χ1v) is 11.2. The Balaban J connectivity index is 1.62. The highest BCUT2D eigenvalue weighted by Crippen LogP contribution is 2.39. The molecule has 0 saturated heterocycles. The zero-order valence-electron chi connectivity index (χ0n) is 19.6. The van der Waals surface area contributed by atoms with Crippen LogP contribution in [0, 0.1) is 0 Å². The van der Waals surface area contributed by atoms with Gasteiger partial charge in [0.25, 0.3) is 0 Å². The van der Waals surface area contributed by atoms with Crippen LogP contribution >= 0.6 is 11.6 Å². The van der Waals surface area contributed by atoms with Gasteiger partial charge in [0.1, 0.15) is 17.9 Å². The predicted octanol–water partition coefficient (Wildman–Crippen LogP) is 6.58. The number of hydrogen-bond acceptors (Lipinski definition) is 6. The quantitative estimate of drug-likeness (QED) is 0.206. The monoisotopic (exact) mass is 489 g/mol. The highest BCUT2D eigenvalue weighted by molar-refractivity contribution is 6.31. The van der Waals surface area contributed by atoms with Crippen molar-refractivity contribution in [2.75, 3.05) is 14.2 Å². The number of nitrogens with zero attached hydrogens (tertiary/aromatic N) is 1. The zero-order valence-corrected chi connectivity index (χ0v) is 20.3. The summed E-state index contributed by atoms with van der Waals surface area (Å²) < 4.78 is 22.1. The number of para-hydroxylation sites is 1. The first-order chi connectivity index (χ1) is 17.0. The lowest BCUT2D eigenvalue weighted by atomic mass is 10.1. The molecule has 178 valence electrons. The number of fused-ring (bicyclic) bond motifs is 1. The number of rotatable bonds is 8. The van der Waals surface area contributed by atoms with Crippen molar-refractivity contribution in [3.8, 4) is 23.0 Å². The maximum Gasteiger partial charge on any atom is 0.308 e. The summed E-state index contributed by atoms with van der Waals surface area (Å²) >= 11 is 6.26. The van der Waals surface area contributed by atoms with E-state index in [2.05, 4.69) is 0 Å². The van der Waals surface area contributed by atoms with E-state index >= 15 is 0 Å². The zero-order chi connectivity index (χ0) is 24.8. The van der Waals surface area contributed by atoms with Crippen molar-refractivity contribution >= 4 is 40.6 Å². The number of carbonyl (C=O) groups excluding carboxylic acids is 1. The standard InChI is InChI=1S/C28H24ClNO5/c1-18(31)35-28-25(32-2)15-19(16-26(28)33-3)11-13-22-14-12-20-8-6-10-24(27(20)30-22)34-17-21-7-4-5-9-23(21)29/h4-16H,17H2,1-3H3. The molecule has 0 atom stereocenters. The highest BCUT2D eigenvalue weighted by Gasteiger charge is 2.15. The van der Waals surface area contributed by atoms with E-state index in [0.717, 1.165) is 27.7 Å². The summed E-state index contributed by atoms with van der Waals surface area (Å²) in [5, 5.41) is 1.63. The van der Waals surface area contributed by atoms with Gasteiger partial charge >= 0.3 is 5.97 Å². The lowest BCUT2D eigenvalue weighted by molar-refractivity contribution is -0.132. The molecule has 0 bridgehead atoms. The van der Waals surface area contributed by atoms with Crippen molar-refractivity contribution in [2.45, 2.75) is 13.5 Å². The second-order valence-electron chi connectivity index (χ2n) is 7.63. The van der Waals surface area contributed by atoms with E-state index in [4.69, 9.17) is 35.5 Å². The molecule has 0 radical (unpaired) electrons. The summed E-state index contributed by atoms with van der Waals surface area (Å²) in [5.41, 5.74) is 3.19. The SMILES string of the molecule is COc1cc(C=Cc2ccc3cccc(OCc4ccccc4Cl)c3n2)cc(OC)c1OC(C)=O. The minimum Gasteiger partial charge on any atom is -0.493 e. The lowest BCUT2D eigenvalue weighted by Gasteiger charge is -2.13. The summed E-state index contributed by atoms with van der Waals surface area (Å²) in [7, 11) is 3.01. The van der Waals surface area contributed by atoms with Gasteiger partial charge in [-0.15, -0.1) is 0 Å². The van der Waals surface area contributed by atoms with E-state index in [1.54, 1.807) is 12.1 Å². The fourth-order valence-electron chi connectivity index (χ4n) is 3.54. The second kappa shape index (κ2) is 10.9. The van der Waals surface area contributed by atoms with Gasteiger partial charge in [-0.25, -0.2) is 4.98 Å². The number of benzene rings is 3. The number of carbonyl (C=O) groups is 1. The van der Waals surface area contributed by atoms with Gasteiger partial charge in [0.15, 0.2) is 11.5 Å². The molecule has 1 heterocycles. The Kier molecular flexibility index (Phi) is 7.53. The smallest absolute Gasteiger partial charge is 0.308 e. The Morgan fingerprint density at radius 3 is 2.34 bits per heavy atom. The van der Waals surface area contributed by atoms with E-state index < -0.39 is 5.97 Å². The average Bonchev–Trinajstić information content (AvgIpc) is 2.87. The summed E-state index contributed by atoms with van der Waals surface area (Å²) in [6.45, 7) is 1.67. The van der Waals surface area contributed by atoms with Gasteiger partial charge in [0.05, 0.1) is 19.9 Å². The Bertz CT molecular complexity index is 1370. The largest absolute Gasteiger partial charge is 0.493 e. The van der Waals surface area contributed by atoms with Crippen molar-refractivity contribution in [3.63, 3.8) is 0 Å². The first kappa shape index (κ1) is 24.1. The number of pyridine rings is 1. The average molecular weight is 490 g/mol. The van der Waals surface area contributed by atoms with E-state index in [0.29, 0.717) is 28.9 Å². The number of methoxy groups -OCH3 is 2. The molecule has 0 fully saturated rings. The topological polar surface area (TPSA) is 66.9 Å². The van der Waals surface area contributed by atoms with Crippen molar-refractivity contribution in [1.29, 1.82) is 0 Å². The van der Waals surface area contributed by atoms with Crippen LogP contribution in [0.1, 0.15) is 23.7 Å². The van der Waals surface area contributed by atoms with Crippen LogP contribution in [0.2, 0.25) is 5.02 Å². The Labute approximate surface area is 208 Å². The van der Waals surface area contributed by atoms with Crippen LogP contribution < -0.4 is 18.9 Å². The van der Waals surface area contributed by atoms with Crippen LogP contribution in [0.15, 0.2) is 66.7 Å². The maximum atomic E-state index is 11.5. The van der Waals surface area contributed by atoms with Crippen LogP contribution in [0.5, 0.6) is 23.0 Å². The molecular weight excluding hydrogens is 466 g/mol. The van der Waals surface area contributed by atoms with Gasteiger partial charge in [0.2, 0.25) is 5.75 Å². The fourth-order valence-corrected chi connectivity index (χ4v) is 3.73. The molecule has 0 spiro atoms. The van der Waals surface area contributed by atoms with Gasteiger partial charge in [-0.2, -0.15) is 0 Å². The van der Waals surface area contributed by atoms with Gasteiger partial charge in [-0.05, 0) is 42.0 Å². The Hall–Kier alpha value is -4.03. The molecule has 1 aromatic heterocycles. The van der Waals surface area contributed by atoms with Crippen molar-refractivity contribution < 1.29 is 23.7 Å². The number of ether oxygens (including phenoxy) is 4. The summed E-state index contributed by atoms with van der Waals surface area (Å²) in [6.07, 6.45) is 3.76. The summed E-state index contributed by atoms with van der Waals surface area (Å²) in [6, 6.07) is 20.9. The molecule has 35 heavy (non-hydrogen) atoms. The maximum absolute atomic E-state index is 11.5. The predicted molar refractivity (Wildman–Crippen MR) is 137 cm³/mol. The lowest BCUT2D eigenvalue weighted by Crippen LogP contribution is -2.05. The minimum absolute atomic E-state index is 0.240. The van der Waals surface area contributed by atoms with Crippen LogP contribution in [-0.4, -0.2) is 25.2 Å². The molecule has 0 saturated carbocycles. The van der Waals surface area contributed by atoms with Crippen molar-refractivity contribution in [1.82, 2.24) is 4.98 Å². The molecule has 3 aromatic carbocycles. The van der Waals surface area contributed by atoms with E-state index in [-0.39, 0.29) is 5.75 Å². The Morgan fingerprint density at radius 1 is 0.914 bits per heavy atom.